The Morgan fingerprint density at radius 3 is 2.76 bits per heavy atom. The van der Waals surface area contributed by atoms with Crippen molar-refractivity contribution in [2.45, 2.75) is 39.3 Å². The zero-order valence-electron chi connectivity index (χ0n) is 12.8. The highest BCUT2D eigenvalue weighted by Gasteiger charge is 2.16. The van der Waals surface area contributed by atoms with Gasteiger partial charge in [0.2, 0.25) is 0 Å². The molecule has 2 aromatic heterocycles. The fraction of sp³-hybridized carbons (Fsp3) is 0.438. The fourth-order valence-electron chi connectivity index (χ4n) is 2.08. The molecule has 5 nitrogen and oxygen atoms in total. The Morgan fingerprint density at radius 2 is 2.10 bits per heavy atom. The van der Waals surface area contributed by atoms with Crippen LogP contribution in [0.25, 0.3) is 0 Å². The molecule has 0 aliphatic carbocycles. The molecule has 2 rings (SSSR count). The van der Waals surface area contributed by atoms with Crippen molar-refractivity contribution in [3.8, 4) is 5.75 Å². The molecule has 0 bridgehead atoms. The van der Waals surface area contributed by atoms with Gasteiger partial charge < -0.3 is 10.1 Å². The molecule has 0 aliphatic rings. The van der Waals surface area contributed by atoms with E-state index in [-0.39, 0.29) is 12.1 Å². The second-order valence-corrected chi connectivity index (χ2v) is 5.14. The van der Waals surface area contributed by atoms with Crippen molar-refractivity contribution >= 4 is 0 Å². The Balaban J connectivity index is 2.28. The molecular weight excluding hydrogens is 264 g/mol. The predicted octanol–water partition coefficient (Wildman–Crippen LogP) is 2.75. The van der Waals surface area contributed by atoms with Gasteiger partial charge in [-0.25, -0.2) is 9.97 Å². The van der Waals surface area contributed by atoms with Crippen LogP contribution in [-0.4, -0.2) is 27.6 Å². The summed E-state index contributed by atoms with van der Waals surface area (Å²) in [4.78, 5) is 12.6. The SMILES string of the molecule is CCCNC(c1cncc(OC(C)C)c1)c1ccncn1. The van der Waals surface area contributed by atoms with E-state index in [2.05, 4.69) is 27.2 Å². The molecule has 21 heavy (non-hydrogen) atoms. The summed E-state index contributed by atoms with van der Waals surface area (Å²) in [5, 5.41) is 3.50. The number of hydrogen-bond donors (Lipinski definition) is 1. The summed E-state index contributed by atoms with van der Waals surface area (Å²) in [5.74, 6) is 0.778. The number of rotatable bonds is 7. The van der Waals surface area contributed by atoms with Crippen molar-refractivity contribution in [3.05, 3.63) is 48.3 Å². The molecule has 1 atom stereocenters. The average molecular weight is 286 g/mol. The van der Waals surface area contributed by atoms with E-state index in [1.54, 1.807) is 18.7 Å². The third kappa shape index (κ3) is 4.49. The molecular formula is C16H22N4O. The molecule has 112 valence electrons. The quantitative estimate of drug-likeness (QED) is 0.848. The number of nitrogens with one attached hydrogen (secondary N) is 1. The Bertz CT molecular complexity index is 545. The van der Waals surface area contributed by atoms with Crippen LogP contribution >= 0.6 is 0 Å². The summed E-state index contributed by atoms with van der Waals surface area (Å²) in [6.45, 7) is 7.05. The van der Waals surface area contributed by atoms with E-state index in [1.807, 2.05) is 32.2 Å². The van der Waals surface area contributed by atoms with Gasteiger partial charge in [0.05, 0.1) is 24.0 Å². The Kier molecular flexibility index (Phi) is 5.63. The van der Waals surface area contributed by atoms with E-state index in [0.717, 1.165) is 30.0 Å². The molecule has 0 spiro atoms. The first-order chi connectivity index (χ1) is 10.2. The van der Waals surface area contributed by atoms with Crippen LogP contribution in [0.15, 0.2) is 37.1 Å². The average Bonchev–Trinajstić information content (AvgIpc) is 2.48. The van der Waals surface area contributed by atoms with Crippen LogP contribution in [-0.2, 0) is 0 Å². The van der Waals surface area contributed by atoms with Gasteiger partial charge in [-0.3, -0.25) is 4.98 Å². The van der Waals surface area contributed by atoms with Gasteiger partial charge >= 0.3 is 0 Å². The standard InChI is InChI=1S/C16H22N4O/c1-4-6-19-16(15-5-7-17-11-20-15)13-8-14(10-18-9-13)21-12(2)3/h5,7-12,16,19H,4,6H2,1-3H3. The molecule has 0 aliphatic heterocycles. The summed E-state index contributed by atoms with van der Waals surface area (Å²) < 4.78 is 5.72. The largest absolute Gasteiger partial charge is 0.489 e. The van der Waals surface area contributed by atoms with Crippen LogP contribution in [0.5, 0.6) is 5.75 Å². The minimum Gasteiger partial charge on any atom is -0.489 e. The maximum atomic E-state index is 5.72. The third-order valence-electron chi connectivity index (χ3n) is 2.94. The Morgan fingerprint density at radius 1 is 1.24 bits per heavy atom. The normalized spacial score (nSPS) is 12.4. The topological polar surface area (TPSA) is 59.9 Å². The molecule has 0 amide bonds. The molecule has 2 aromatic rings. The van der Waals surface area contributed by atoms with E-state index < -0.39 is 0 Å². The van der Waals surface area contributed by atoms with Crippen LogP contribution in [0.2, 0.25) is 0 Å². The van der Waals surface area contributed by atoms with Crippen LogP contribution in [0.4, 0.5) is 0 Å². The van der Waals surface area contributed by atoms with Crippen LogP contribution < -0.4 is 10.1 Å². The monoisotopic (exact) mass is 286 g/mol. The summed E-state index contributed by atoms with van der Waals surface area (Å²) in [7, 11) is 0. The maximum absolute atomic E-state index is 5.72. The third-order valence-corrected chi connectivity index (χ3v) is 2.94. The molecule has 0 saturated carbocycles. The molecule has 2 heterocycles. The second-order valence-electron chi connectivity index (χ2n) is 5.14. The van der Waals surface area contributed by atoms with Gasteiger partial charge in [-0.05, 0) is 44.5 Å². The van der Waals surface area contributed by atoms with Crippen LogP contribution in [0.3, 0.4) is 0 Å². The highest BCUT2D eigenvalue weighted by atomic mass is 16.5. The lowest BCUT2D eigenvalue weighted by atomic mass is 10.1. The van der Waals surface area contributed by atoms with Gasteiger partial charge in [0.15, 0.2) is 0 Å². The summed E-state index contributed by atoms with van der Waals surface area (Å²) in [5.41, 5.74) is 1.97. The molecule has 0 fully saturated rings. The Labute approximate surface area is 125 Å². The highest BCUT2D eigenvalue weighted by Crippen LogP contribution is 2.23. The zero-order valence-corrected chi connectivity index (χ0v) is 12.8. The molecule has 0 saturated heterocycles. The van der Waals surface area contributed by atoms with Crippen molar-refractivity contribution in [2.75, 3.05) is 6.54 Å². The Hall–Kier alpha value is -2.01. The zero-order chi connectivity index (χ0) is 15.1. The van der Waals surface area contributed by atoms with Crippen molar-refractivity contribution < 1.29 is 4.74 Å². The minimum atomic E-state index is -0.00355. The van der Waals surface area contributed by atoms with Crippen LogP contribution in [0, 0.1) is 0 Å². The first-order valence-electron chi connectivity index (χ1n) is 7.31. The highest BCUT2D eigenvalue weighted by molar-refractivity contribution is 5.31. The lowest BCUT2D eigenvalue weighted by Gasteiger charge is -2.19. The van der Waals surface area contributed by atoms with Crippen LogP contribution in [0.1, 0.15) is 44.5 Å². The van der Waals surface area contributed by atoms with E-state index >= 15 is 0 Å². The predicted molar refractivity (Wildman–Crippen MR) is 82.2 cm³/mol. The number of pyridine rings is 1. The van der Waals surface area contributed by atoms with Crippen molar-refractivity contribution in [3.63, 3.8) is 0 Å². The number of aromatic nitrogens is 3. The molecule has 0 radical (unpaired) electrons. The lowest BCUT2D eigenvalue weighted by molar-refractivity contribution is 0.241. The van der Waals surface area contributed by atoms with Gasteiger partial charge in [-0.15, -0.1) is 0 Å². The summed E-state index contributed by atoms with van der Waals surface area (Å²) in [6, 6.07) is 3.93. The van der Waals surface area contributed by atoms with E-state index in [1.165, 1.54) is 0 Å². The van der Waals surface area contributed by atoms with Crippen molar-refractivity contribution in [2.24, 2.45) is 0 Å². The lowest BCUT2D eigenvalue weighted by Crippen LogP contribution is -2.24. The van der Waals surface area contributed by atoms with E-state index in [4.69, 9.17) is 4.74 Å². The van der Waals surface area contributed by atoms with E-state index in [0.29, 0.717) is 0 Å². The van der Waals surface area contributed by atoms with Crippen molar-refractivity contribution in [1.29, 1.82) is 0 Å². The molecule has 0 aromatic carbocycles. The molecule has 1 N–H and O–H groups in total. The smallest absolute Gasteiger partial charge is 0.138 e. The number of nitrogens with zero attached hydrogens (tertiary/aromatic N) is 3. The fourth-order valence-corrected chi connectivity index (χ4v) is 2.08. The second kappa shape index (κ2) is 7.69. The molecule has 5 heteroatoms. The number of ether oxygens (including phenoxy) is 1. The maximum Gasteiger partial charge on any atom is 0.138 e. The first-order valence-corrected chi connectivity index (χ1v) is 7.31. The minimum absolute atomic E-state index is 0.00355. The van der Waals surface area contributed by atoms with Gasteiger partial charge in [-0.1, -0.05) is 6.92 Å². The van der Waals surface area contributed by atoms with Gasteiger partial charge in [0.1, 0.15) is 12.1 Å². The van der Waals surface area contributed by atoms with Gasteiger partial charge in [0.25, 0.3) is 0 Å². The molecule has 1 unspecified atom stereocenters. The van der Waals surface area contributed by atoms with Crippen molar-refractivity contribution in [1.82, 2.24) is 20.3 Å². The van der Waals surface area contributed by atoms with Gasteiger partial charge in [0, 0.05) is 12.4 Å². The van der Waals surface area contributed by atoms with E-state index in [9.17, 15) is 0 Å². The number of hydrogen-bond acceptors (Lipinski definition) is 5. The summed E-state index contributed by atoms with van der Waals surface area (Å²) in [6.07, 6.45) is 8.09. The summed E-state index contributed by atoms with van der Waals surface area (Å²) >= 11 is 0. The van der Waals surface area contributed by atoms with Gasteiger partial charge in [-0.2, -0.15) is 0 Å². The first kappa shape index (κ1) is 15.4.